The highest BCUT2D eigenvalue weighted by atomic mass is 16.2. The predicted molar refractivity (Wildman–Crippen MR) is 58.9 cm³/mol. The summed E-state index contributed by atoms with van der Waals surface area (Å²) in [5, 5.41) is 2.31. The number of rotatable bonds is 3. The molecule has 1 aliphatic heterocycles. The average Bonchev–Trinajstić information content (AvgIpc) is 3.11. The fourth-order valence-electron chi connectivity index (χ4n) is 2.60. The van der Waals surface area contributed by atoms with E-state index in [0.29, 0.717) is 18.8 Å². The molecule has 1 saturated heterocycles. The molecule has 1 heterocycles. The number of nitrogens with zero attached hydrogens (tertiary/aromatic N) is 1. The lowest BCUT2D eigenvalue weighted by Crippen LogP contribution is -2.61. The first kappa shape index (κ1) is 10.7. The molecule has 1 N–H and O–H groups in total. The van der Waals surface area contributed by atoms with Crippen LogP contribution in [-0.2, 0) is 9.59 Å². The van der Waals surface area contributed by atoms with Crippen LogP contribution in [0.5, 0.6) is 0 Å². The van der Waals surface area contributed by atoms with Crippen LogP contribution in [0.4, 0.5) is 4.79 Å². The number of nitrogens with one attached hydrogen (secondary N) is 1. The number of carbonyl (C=O) groups excluding carboxylic acids is 3. The van der Waals surface area contributed by atoms with Gasteiger partial charge in [-0.15, -0.1) is 0 Å². The van der Waals surface area contributed by atoms with Crippen LogP contribution in [0, 0.1) is 11.3 Å². The SMILES string of the molecule is CC(CC1CC1)N1C(=O)NC(=O)C2(CC2)C1=O. The quantitative estimate of drug-likeness (QED) is 0.744. The Morgan fingerprint density at radius 3 is 2.53 bits per heavy atom. The van der Waals surface area contributed by atoms with Crippen molar-refractivity contribution in [3.8, 4) is 0 Å². The van der Waals surface area contributed by atoms with E-state index in [2.05, 4.69) is 5.32 Å². The van der Waals surface area contributed by atoms with Gasteiger partial charge in [-0.25, -0.2) is 4.79 Å². The Hall–Kier alpha value is -1.39. The smallest absolute Gasteiger partial charge is 0.277 e. The van der Waals surface area contributed by atoms with Gasteiger partial charge in [-0.1, -0.05) is 12.8 Å². The molecule has 1 atom stereocenters. The van der Waals surface area contributed by atoms with Crippen LogP contribution in [0.25, 0.3) is 0 Å². The van der Waals surface area contributed by atoms with E-state index in [1.807, 2.05) is 6.92 Å². The molecule has 2 aliphatic carbocycles. The number of hydrogen-bond acceptors (Lipinski definition) is 3. The molecule has 1 spiro atoms. The third-order valence-corrected chi connectivity index (χ3v) is 4.06. The second-order valence-electron chi connectivity index (χ2n) is 5.54. The molecule has 5 heteroatoms. The Labute approximate surface area is 99.5 Å². The Morgan fingerprint density at radius 2 is 2.00 bits per heavy atom. The number of amides is 4. The van der Waals surface area contributed by atoms with E-state index in [0.717, 1.165) is 6.42 Å². The van der Waals surface area contributed by atoms with Crippen LogP contribution in [0.2, 0.25) is 0 Å². The zero-order chi connectivity index (χ0) is 12.2. The van der Waals surface area contributed by atoms with Crippen molar-refractivity contribution in [2.24, 2.45) is 11.3 Å². The van der Waals surface area contributed by atoms with Gasteiger partial charge in [-0.05, 0) is 32.1 Å². The van der Waals surface area contributed by atoms with Crippen molar-refractivity contribution in [3.63, 3.8) is 0 Å². The molecule has 17 heavy (non-hydrogen) atoms. The second-order valence-corrected chi connectivity index (χ2v) is 5.54. The minimum Gasteiger partial charge on any atom is -0.277 e. The van der Waals surface area contributed by atoms with Crippen LogP contribution in [0.3, 0.4) is 0 Å². The first-order valence-corrected chi connectivity index (χ1v) is 6.24. The lowest BCUT2D eigenvalue weighted by molar-refractivity contribution is -0.146. The molecule has 0 aromatic rings. The van der Waals surface area contributed by atoms with Gasteiger partial charge >= 0.3 is 6.03 Å². The van der Waals surface area contributed by atoms with Crippen LogP contribution in [0.15, 0.2) is 0 Å². The maximum Gasteiger partial charge on any atom is 0.331 e. The van der Waals surface area contributed by atoms with Crippen molar-refractivity contribution >= 4 is 17.8 Å². The summed E-state index contributed by atoms with van der Waals surface area (Å²) in [5.74, 6) is -0.0276. The van der Waals surface area contributed by atoms with Gasteiger partial charge in [0.05, 0.1) is 0 Å². The van der Waals surface area contributed by atoms with Crippen molar-refractivity contribution in [2.45, 2.75) is 45.1 Å². The van der Waals surface area contributed by atoms with E-state index in [-0.39, 0.29) is 11.9 Å². The van der Waals surface area contributed by atoms with Gasteiger partial charge in [0.1, 0.15) is 5.41 Å². The Kier molecular flexibility index (Phi) is 2.09. The lowest BCUT2D eigenvalue weighted by atomic mass is 9.99. The summed E-state index contributed by atoms with van der Waals surface area (Å²) in [6, 6.07) is -0.633. The Morgan fingerprint density at radius 1 is 1.35 bits per heavy atom. The van der Waals surface area contributed by atoms with E-state index in [1.54, 1.807) is 0 Å². The monoisotopic (exact) mass is 236 g/mol. The van der Waals surface area contributed by atoms with Crippen molar-refractivity contribution in [1.29, 1.82) is 0 Å². The van der Waals surface area contributed by atoms with Crippen LogP contribution < -0.4 is 5.32 Å². The number of barbiturate groups is 1. The molecule has 0 radical (unpaired) electrons. The summed E-state index contributed by atoms with van der Waals surface area (Å²) in [6.07, 6.45) is 4.41. The van der Waals surface area contributed by atoms with E-state index in [9.17, 15) is 14.4 Å². The van der Waals surface area contributed by atoms with Crippen LogP contribution in [-0.4, -0.2) is 28.8 Å². The molecule has 4 amide bonds. The van der Waals surface area contributed by atoms with Gasteiger partial charge in [0, 0.05) is 6.04 Å². The zero-order valence-corrected chi connectivity index (χ0v) is 9.86. The predicted octanol–water partition coefficient (Wildman–Crippen LogP) is 1.03. The summed E-state index contributed by atoms with van der Waals surface area (Å²) >= 11 is 0. The van der Waals surface area contributed by atoms with E-state index in [1.165, 1.54) is 17.7 Å². The number of imide groups is 2. The molecule has 1 unspecified atom stereocenters. The molecular formula is C12H16N2O3. The molecule has 3 aliphatic rings. The largest absolute Gasteiger partial charge is 0.331 e. The number of carbonyl (C=O) groups is 3. The van der Waals surface area contributed by atoms with Gasteiger partial charge in [0.15, 0.2) is 0 Å². The molecule has 2 saturated carbocycles. The fraction of sp³-hybridized carbons (Fsp3) is 0.750. The average molecular weight is 236 g/mol. The zero-order valence-electron chi connectivity index (χ0n) is 9.86. The number of urea groups is 1. The summed E-state index contributed by atoms with van der Waals surface area (Å²) in [6.45, 7) is 1.89. The summed E-state index contributed by atoms with van der Waals surface area (Å²) < 4.78 is 0. The molecule has 0 aromatic carbocycles. The second kappa shape index (κ2) is 3.31. The number of hydrogen-bond donors (Lipinski definition) is 1. The minimum atomic E-state index is -0.897. The summed E-state index contributed by atoms with van der Waals surface area (Å²) in [5.41, 5.74) is -0.897. The standard InChI is InChI=1S/C12H16N2O3/c1-7(6-8-2-3-8)14-10(16)12(4-5-12)9(15)13-11(14)17/h7-8H,2-6H2,1H3,(H,13,15,17). The van der Waals surface area contributed by atoms with Gasteiger partial charge in [0.2, 0.25) is 11.8 Å². The first-order valence-electron chi connectivity index (χ1n) is 6.24. The third kappa shape index (κ3) is 1.56. The summed E-state index contributed by atoms with van der Waals surface area (Å²) in [7, 11) is 0. The summed E-state index contributed by atoms with van der Waals surface area (Å²) in [4.78, 5) is 36.9. The van der Waals surface area contributed by atoms with Gasteiger partial charge < -0.3 is 0 Å². The van der Waals surface area contributed by atoms with Crippen molar-refractivity contribution in [3.05, 3.63) is 0 Å². The fourth-order valence-corrected chi connectivity index (χ4v) is 2.60. The highest BCUT2D eigenvalue weighted by Gasteiger charge is 2.62. The van der Waals surface area contributed by atoms with E-state index >= 15 is 0 Å². The molecule has 0 bridgehead atoms. The maximum atomic E-state index is 12.2. The van der Waals surface area contributed by atoms with Crippen LogP contribution >= 0.6 is 0 Å². The normalized spacial score (nSPS) is 28.3. The minimum absolute atomic E-state index is 0.0967. The molecule has 92 valence electrons. The van der Waals surface area contributed by atoms with E-state index in [4.69, 9.17) is 0 Å². The highest BCUT2D eigenvalue weighted by molar-refractivity contribution is 6.21. The Bertz CT molecular complexity index is 410. The third-order valence-electron chi connectivity index (χ3n) is 4.06. The molecular weight excluding hydrogens is 220 g/mol. The molecule has 0 aromatic heterocycles. The Balaban J connectivity index is 1.79. The van der Waals surface area contributed by atoms with E-state index < -0.39 is 17.4 Å². The van der Waals surface area contributed by atoms with Crippen molar-refractivity contribution in [1.82, 2.24) is 10.2 Å². The topological polar surface area (TPSA) is 66.5 Å². The first-order chi connectivity index (χ1) is 8.04. The molecule has 5 nitrogen and oxygen atoms in total. The van der Waals surface area contributed by atoms with Crippen LogP contribution in [0.1, 0.15) is 39.0 Å². The molecule has 3 fully saturated rings. The lowest BCUT2D eigenvalue weighted by Gasteiger charge is -2.34. The van der Waals surface area contributed by atoms with Gasteiger partial charge in [0.25, 0.3) is 0 Å². The van der Waals surface area contributed by atoms with Gasteiger partial charge in [-0.3, -0.25) is 19.8 Å². The molecule has 3 rings (SSSR count). The van der Waals surface area contributed by atoms with Crippen molar-refractivity contribution < 1.29 is 14.4 Å². The highest BCUT2D eigenvalue weighted by Crippen LogP contribution is 2.49. The van der Waals surface area contributed by atoms with Crippen molar-refractivity contribution in [2.75, 3.05) is 0 Å². The van der Waals surface area contributed by atoms with Gasteiger partial charge in [-0.2, -0.15) is 0 Å². The maximum absolute atomic E-state index is 12.2.